The summed E-state index contributed by atoms with van der Waals surface area (Å²) in [4.78, 5) is 33.6. The van der Waals surface area contributed by atoms with Crippen molar-refractivity contribution in [2.45, 2.75) is 6.92 Å². The molecule has 0 fully saturated rings. The van der Waals surface area contributed by atoms with Crippen LogP contribution in [-0.2, 0) is 4.79 Å². The van der Waals surface area contributed by atoms with Crippen LogP contribution < -0.4 is 16.2 Å². The fraction of sp³-hybridized carbons (Fsp3) is 0.125. The highest BCUT2D eigenvalue weighted by molar-refractivity contribution is 5.96. The minimum atomic E-state index is -0.696. The third-order valence-corrected chi connectivity index (χ3v) is 3.26. The summed E-state index contributed by atoms with van der Waals surface area (Å²) in [6.07, 6.45) is 0. The fourth-order valence-corrected chi connectivity index (χ4v) is 1.89. The van der Waals surface area contributed by atoms with E-state index in [-0.39, 0.29) is 17.8 Å². The van der Waals surface area contributed by atoms with Gasteiger partial charge in [0.15, 0.2) is 0 Å². The van der Waals surface area contributed by atoms with E-state index in [1.54, 1.807) is 19.1 Å². The van der Waals surface area contributed by atoms with Gasteiger partial charge in [0.25, 0.3) is 17.5 Å². The highest BCUT2D eigenvalue weighted by atomic mass is 19.1. The zero-order chi connectivity index (χ0) is 18.4. The summed E-state index contributed by atoms with van der Waals surface area (Å²) in [6, 6.07) is 9.52. The van der Waals surface area contributed by atoms with E-state index in [4.69, 9.17) is 0 Å². The SMILES string of the molecule is Cc1ccc(NCC(=O)NNC(=O)c2cccc([N+](=O)[O-])c2)cc1F. The molecule has 0 aromatic heterocycles. The Bertz CT molecular complexity index is 826. The summed E-state index contributed by atoms with van der Waals surface area (Å²) in [5.41, 5.74) is 5.01. The van der Waals surface area contributed by atoms with Crippen molar-refractivity contribution in [2.24, 2.45) is 0 Å². The molecule has 0 heterocycles. The summed E-state index contributed by atoms with van der Waals surface area (Å²) in [6.45, 7) is 1.42. The van der Waals surface area contributed by atoms with E-state index < -0.39 is 22.6 Å². The zero-order valence-electron chi connectivity index (χ0n) is 13.2. The number of halogens is 1. The molecule has 8 nitrogen and oxygen atoms in total. The molecule has 0 radical (unpaired) electrons. The third kappa shape index (κ3) is 4.99. The molecule has 2 rings (SSSR count). The first-order valence-corrected chi connectivity index (χ1v) is 7.20. The lowest BCUT2D eigenvalue weighted by Crippen LogP contribution is -2.44. The zero-order valence-corrected chi connectivity index (χ0v) is 13.2. The van der Waals surface area contributed by atoms with Gasteiger partial charge in [-0.3, -0.25) is 30.6 Å². The summed E-state index contributed by atoms with van der Waals surface area (Å²) < 4.78 is 13.4. The highest BCUT2D eigenvalue weighted by Crippen LogP contribution is 2.13. The number of carbonyl (C=O) groups excluding carboxylic acids is 2. The van der Waals surface area contributed by atoms with Crippen molar-refractivity contribution in [3.63, 3.8) is 0 Å². The molecule has 130 valence electrons. The van der Waals surface area contributed by atoms with Crippen molar-refractivity contribution < 1.29 is 18.9 Å². The molecular weight excluding hydrogens is 331 g/mol. The highest BCUT2D eigenvalue weighted by Gasteiger charge is 2.12. The van der Waals surface area contributed by atoms with Gasteiger partial charge in [-0.25, -0.2) is 4.39 Å². The van der Waals surface area contributed by atoms with Gasteiger partial charge in [0.2, 0.25) is 0 Å². The van der Waals surface area contributed by atoms with E-state index >= 15 is 0 Å². The average Bonchev–Trinajstić information content (AvgIpc) is 2.60. The molecule has 2 aromatic rings. The number of carbonyl (C=O) groups is 2. The summed E-state index contributed by atoms with van der Waals surface area (Å²) in [5, 5.41) is 13.4. The summed E-state index contributed by atoms with van der Waals surface area (Å²) in [7, 11) is 0. The Morgan fingerprint density at radius 1 is 1.16 bits per heavy atom. The number of nitrogens with zero attached hydrogens (tertiary/aromatic N) is 1. The van der Waals surface area contributed by atoms with Crippen LogP contribution in [0.4, 0.5) is 15.8 Å². The molecule has 9 heteroatoms. The maximum Gasteiger partial charge on any atom is 0.270 e. The van der Waals surface area contributed by atoms with Crippen LogP contribution >= 0.6 is 0 Å². The van der Waals surface area contributed by atoms with Crippen molar-refractivity contribution >= 4 is 23.2 Å². The number of anilines is 1. The molecule has 0 bridgehead atoms. The normalized spacial score (nSPS) is 10.0. The molecule has 25 heavy (non-hydrogen) atoms. The monoisotopic (exact) mass is 346 g/mol. The first kappa shape index (κ1) is 17.9. The number of nitro groups is 1. The fourth-order valence-electron chi connectivity index (χ4n) is 1.89. The Morgan fingerprint density at radius 2 is 1.92 bits per heavy atom. The lowest BCUT2D eigenvalue weighted by Gasteiger charge is -2.09. The van der Waals surface area contributed by atoms with Gasteiger partial charge in [-0.05, 0) is 30.7 Å². The van der Waals surface area contributed by atoms with Crippen LogP contribution in [-0.4, -0.2) is 23.3 Å². The summed E-state index contributed by atoms with van der Waals surface area (Å²) in [5.74, 6) is -1.66. The largest absolute Gasteiger partial charge is 0.376 e. The molecular formula is C16H15FN4O4. The summed E-state index contributed by atoms with van der Waals surface area (Å²) >= 11 is 0. The molecule has 0 saturated heterocycles. The lowest BCUT2D eigenvalue weighted by atomic mass is 10.2. The molecule has 0 aliphatic carbocycles. The van der Waals surface area contributed by atoms with Crippen LogP contribution in [0.3, 0.4) is 0 Å². The van der Waals surface area contributed by atoms with Gasteiger partial charge in [0.1, 0.15) is 5.82 Å². The van der Waals surface area contributed by atoms with Crippen molar-refractivity contribution in [1.29, 1.82) is 0 Å². The van der Waals surface area contributed by atoms with E-state index in [9.17, 15) is 24.1 Å². The van der Waals surface area contributed by atoms with Crippen LogP contribution in [0.15, 0.2) is 42.5 Å². The second-order valence-corrected chi connectivity index (χ2v) is 5.13. The van der Waals surface area contributed by atoms with E-state index in [1.807, 2.05) is 0 Å². The van der Waals surface area contributed by atoms with Crippen molar-refractivity contribution in [3.8, 4) is 0 Å². The molecule has 3 N–H and O–H groups in total. The third-order valence-electron chi connectivity index (χ3n) is 3.26. The lowest BCUT2D eigenvalue weighted by molar-refractivity contribution is -0.384. The predicted molar refractivity (Wildman–Crippen MR) is 88.3 cm³/mol. The average molecular weight is 346 g/mol. The standard InChI is InChI=1S/C16H15FN4O4/c1-10-5-6-12(8-14(10)17)18-9-15(22)19-20-16(23)11-3-2-4-13(7-11)21(24)25/h2-8,18H,9H2,1H3,(H,19,22)(H,20,23). The first-order valence-electron chi connectivity index (χ1n) is 7.20. The number of hydrazine groups is 1. The first-order chi connectivity index (χ1) is 11.9. The Hall–Kier alpha value is -3.49. The van der Waals surface area contributed by atoms with Crippen LogP contribution in [0, 0.1) is 22.9 Å². The minimum absolute atomic E-state index is 0.0306. The maximum atomic E-state index is 13.4. The van der Waals surface area contributed by atoms with E-state index in [1.165, 1.54) is 24.3 Å². The minimum Gasteiger partial charge on any atom is -0.376 e. The Kier molecular flexibility index (Phi) is 5.62. The van der Waals surface area contributed by atoms with E-state index in [2.05, 4.69) is 16.2 Å². The molecule has 0 aliphatic heterocycles. The number of benzene rings is 2. The molecule has 0 aliphatic rings. The topological polar surface area (TPSA) is 113 Å². The molecule has 2 amide bonds. The van der Waals surface area contributed by atoms with Gasteiger partial charge in [0, 0.05) is 23.4 Å². The van der Waals surface area contributed by atoms with Gasteiger partial charge in [-0.2, -0.15) is 0 Å². The Morgan fingerprint density at radius 3 is 2.60 bits per heavy atom. The van der Waals surface area contributed by atoms with Crippen molar-refractivity contribution in [1.82, 2.24) is 10.9 Å². The molecule has 0 unspecified atom stereocenters. The number of nitro benzene ring substituents is 1. The molecule has 2 aromatic carbocycles. The number of nitrogens with one attached hydrogen (secondary N) is 3. The van der Waals surface area contributed by atoms with Crippen LogP contribution in [0.25, 0.3) is 0 Å². The van der Waals surface area contributed by atoms with Gasteiger partial charge in [0.05, 0.1) is 11.5 Å². The Balaban J connectivity index is 1.85. The van der Waals surface area contributed by atoms with E-state index in [0.717, 1.165) is 6.07 Å². The number of aryl methyl sites for hydroxylation is 1. The second kappa shape index (κ2) is 7.86. The predicted octanol–water partition coefficient (Wildman–Crippen LogP) is 1.92. The van der Waals surface area contributed by atoms with Crippen LogP contribution in [0.2, 0.25) is 0 Å². The van der Waals surface area contributed by atoms with Crippen molar-refractivity contribution in [3.05, 3.63) is 69.5 Å². The quantitative estimate of drug-likeness (QED) is 0.565. The van der Waals surface area contributed by atoms with E-state index in [0.29, 0.717) is 11.3 Å². The van der Waals surface area contributed by atoms with Crippen LogP contribution in [0.1, 0.15) is 15.9 Å². The number of non-ortho nitro benzene ring substituents is 1. The van der Waals surface area contributed by atoms with Gasteiger partial charge >= 0.3 is 0 Å². The smallest absolute Gasteiger partial charge is 0.270 e. The second-order valence-electron chi connectivity index (χ2n) is 5.13. The maximum absolute atomic E-state index is 13.4. The Labute approximate surface area is 142 Å². The van der Waals surface area contributed by atoms with Crippen LogP contribution in [0.5, 0.6) is 0 Å². The molecule has 0 spiro atoms. The van der Waals surface area contributed by atoms with Gasteiger partial charge in [-0.15, -0.1) is 0 Å². The van der Waals surface area contributed by atoms with Gasteiger partial charge < -0.3 is 5.32 Å². The molecule has 0 atom stereocenters. The number of amides is 2. The van der Waals surface area contributed by atoms with Gasteiger partial charge in [-0.1, -0.05) is 12.1 Å². The van der Waals surface area contributed by atoms with Crippen molar-refractivity contribution in [2.75, 3.05) is 11.9 Å². The number of hydrogen-bond donors (Lipinski definition) is 3. The number of rotatable bonds is 5. The number of hydrogen-bond acceptors (Lipinski definition) is 5. The molecule has 0 saturated carbocycles.